The first kappa shape index (κ1) is 12.2. The maximum Gasteiger partial charge on any atom is 0.326 e. The third-order valence-electron chi connectivity index (χ3n) is 3.30. The fourth-order valence-electron chi connectivity index (χ4n) is 2.37. The third kappa shape index (κ3) is 2.88. The minimum Gasteiger partial charge on any atom is -0.480 e. The Balaban J connectivity index is 1.80. The Morgan fingerprint density at radius 1 is 1.35 bits per heavy atom. The monoisotopic (exact) mass is 242 g/mol. The summed E-state index contributed by atoms with van der Waals surface area (Å²) in [6, 6.07) is -0.954. The van der Waals surface area contributed by atoms with Crippen LogP contribution in [0.5, 0.6) is 0 Å². The number of aliphatic carboxylic acids is 1. The number of carboxylic acids is 1. The van der Waals surface area contributed by atoms with Crippen LogP contribution in [0.1, 0.15) is 25.7 Å². The standard InChI is InChI=1S/C11H18N2O4/c14-10(15)9-4-1-5-13(9)11(16)12-7-8-3-2-6-17-8/h8-9H,1-7H2,(H,12,16)(H,14,15)/t8?,9-/m0/s1. The van der Waals surface area contributed by atoms with Gasteiger partial charge in [-0.2, -0.15) is 0 Å². The fraction of sp³-hybridized carbons (Fsp3) is 0.818. The number of amides is 2. The Morgan fingerprint density at radius 3 is 2.82 bits per heavy atom. The van der Waals surface area contributed by atoms with E-state index in [1.807, 2.05) is 0 Å². The number of hydrogen-bond acceptors (Lipinski definition) is 3. The average Bonchev–Trinajstić information content (AvgIpc) is 2.96. The summed E-state index contributed by atoms with van der Waals surface area (Å²) >= 11 is 0. The van der Waals surface area contributed by atoms with Gasteiger partial charge in [-0.3, -0.25) is 0 Å². The Kier molecular flexibility index (Phi) is 3.83. The predicted molar refractivity (Wildman–Crippen MR) is 59.7 cm³/mol. The second-order valence-corrected chi connectivity index (χ2v) is 4.51. The van der Waals surface area contributed by atoms with Crippen molar-refractivity contribution in [2.75, 3.05) is 19.7 Å². The lowest BCUT2D eigenvalue weighted by molar-refractivity contribution is -0.141. The Labute approximate surface area is 99.9 Å². The minimum absolute atomic E-state index is 0.0878. The molecule has 96 valence electrons. The van der Waals surface area contributed by atoms with Gasteiger partial charge in [0.15, 0.2) is 0 Å². The van der Waals surface area contributed by atoms with Crippen molar-refractivity contribution in [3.63, 3.8) is 0 Å². The molecule has 2 amide bonds. The Bertz CT molecular complexity index is 302. The highest BCUT2D eigenvalue weighted by molar-refractivity contribution is 5.83. The molecule has 0 aromatic heterocycles. The fourth-order valence-corrected chi connectivity index (χ4v) is 2.37. The number of carbonyl (C=O) groups excluding carboxylic acids is 1. The van der Waals surface area contributed by atoms with E-state index in [1.165, 1.54) is 4.90 Å². The highest BCUT2D eigenvalue weighted by Gasteiger charge is 2.34. The van der Waals surface area contributed by atoms with Crippen molar-refractivity contribution in [1.29, 1.82) is 0 Å². The normalized spacial score (nSPS) is 28.4. The lowest BCUT2D eigenvalue weighted by Gasteiger charge is -2.22. The van der Waals surface area contributed by atoms with E-state index in [1.54, 1.807) is 0 Å². The van der Waals surface area contributed by atoms with Crippen LogP contribution in [0.4, 0.5) is 4.79 Å². The smallest absolute Gasteiger partial charge is 0.326 e. The zero-order chi connectivity index (χ0) is 12.3. The molecule has 2 rings (SSSR count). The second kappa shape index (κ2) is 5.35. The zero-order valence-corrected chi connectivity index (χ0v) is 9.72. The van der Waals surface area contributed by atoms with Crippen LogP contribution >= 0.6 is 0 Å². The van der Waals surface area contributed by atoms with Crippen LogP contribution in [-0.2, 0) is 9.53 Å². The summed E-state index contributed by atoms with van der Waals surface area (Å²) in [4.78, 5) is 24.1. The quantitative estimate of drug-likeness (QED) is 0.752. The third-order valence-corrected chi connectivity index (χ3v) is 3.30. The number of likely N-dealkylation sites (tertiary alicyclic amines) is 1. The van der Waals surface area contributed by atoms with E-state index in [9.17, 15) is 9.59 Å². The molecule has 6 nitrogen and oxygen atoms in total. The number of nitrogens with one attached hydrogen (secondary N) is 1. The van der Waals surface area contributed by atoms with E-state index in [0.29, 0.717) is 19.5 Å². The van der Waals surface area contributed by atoms with Crippen LogP contribution in [-0.4, -0.2) is 53.8 Å². The van der Waals surface area contributed by atoms with Crippen molar-refractivity contribution >= 4 is 12.0 Å². The number of ether oxygens (including phenoxy) is 1. The first-order chi connectivity index (χ1) is 8.18. The lowest BCUT2D eigenvalue weighted by Crippen LogP contribution is -2.47. The largest absolute Gasteiger partial charge is 0.480 e. The molecule has 0 aliphatic carbocycles. The van der Waals surface area contributed by atoms with Gasteiger partial charge in [0.2, 0.25) is 0 Å². The summed E-state index contributed by atoms with van der Waals surface area (Å²) < 4.78 is 5.39. The van der Waals surface area contributed by atoms with Crippen LogP contribution in [0.3, 0.4) is 0 Å². The van der Waals surface area contributed by atoms with Crippen LogP contribution in [0, 0.1) is 0 Å². The molecule has 17 heavy (non-hydrogen) atoms. The van der Waals surface area contributed by atoms with E-state index < -0.39 is 12.0 Å². The molecule has 2 aliphatic rings. The van der Waals surface area contributed by atoms with E-state index >= 15 is 0 Å². The number of hydrogen-bond donors (Lipinski definition) is 2. The van der Waals surface area contributed by atoms with Crippen molar-refractivity contribution in [3.05, 3.63) is 0 Å². The minimum atomic E-state index is -0.922. The maximum absolute atomic E-state index is 11.8. The number of nitrogens with zero attached hydrogens (tertiary/aromatic N) is 1. The molecule has 0 aromatic carbocycles. The Morgan fingerprint density at radius 2 is 2.18 bits per heavy atom. The van der Waals surface area contributed by atoms with Crippen LogP contribution in [0.25, 0.3) is 0 Å². The molecule has 0 radical (unpaired) electrons. The van der Waals surface area contributed by atoms with Gasteiger partial charge in [0.05, 0.1) is 6.10 Å². The van der Waals surface area contributed by atoms with Gasteiger partial charge in [-0.1, -0.05) is 0 Å². The van der Waals surface area contributed by atoms with Crippen molar-refractivity contribution in [1.82, 2.24) is 10.2 Å². The highest BCUT2D eigenvalue weighted by atomic mass is 16.5. The predicted octanol–water partition coefficient (Wildman–Crippen LogP) is 0.424. The van der Waals surface area contributed by atoms with Crippen molar-refractivity contribution in [2.24, 2.45) is 0 Å². The summed E-state index contributed by atoms with van der Waals surface area (Å²) in [7, 11) is 0. The average molecular weight is 242 g/mol. The number of urea groups is 1. The summed E-state index contributed by atoms with van der Waals surface area (Å²) in [6.07, 6.45) is 3.38. The summed E-state index contributed by atoms with van der Waals surface area (Å²) in [5.74, 6) is -0.922. The molecule has 2 aliphatic heterocycles. The summed E-state index contributed by atoms with van der Waals surface area (Å²) in [5, 5.41) is 11.7. The van der Waals surface area contributed by atoms with E-state index in [0.717, 1.165) is 25.9 Å². The summed E-state index contributed by atoms with van der Waals surface area (Å²) in [5.41, 5.74) is 0. The first-order valence-corrected chi connectivity index (χ1v) is 6.07. The SMILES string of the molecule is O=C(O)[C@@H]1CCCN1C(=O)NCC1CCCO1. The number of rotatable bonds is 3. The number of carbonyl (C=O) groups is 2. The van der Waals surface area contributed by atoms with Gasteiger partial charge in [0, 0.05) is 19.7 Å². The van der Waals surface area contributed by atoms with Gasteiger partial charge in [0.1, 0.15) is 6.04 Å². The molecule has 2 atom stereocenters. The topological polar surface area (TPSA) is 78.9 Å². The van der Waals surface area contributed by atoms with Crippen LogP contribution in [0.2, 0.25) is 0 Å². The molecule has 6 heteroatoms. The van der Waals surface area contributed by atoms with Gasteiger partial charge in [-0.15, -0.1) is 0 Å². The lowest BCUT2D eigenvalue weighted by atomic mass is 10.2. The van der Waals surface area contributed by atoms with E-state index in [2.05, 4.69) is 5.32 Å². The molecule has 1 unspecified atom stereocenters. The Hall–Kier alpha value is -1.30. The van der Waals surface area contributed by atoms with E-state index in [-0.39, 0.29) is 12.1 Å². The summed E-state index contributed by atoms with van der Waals surface area (Å²) in [6.45, 7) is 1.75. The van der Waals surface area contributed by atoms with Crippen LogP contribution in [0.15, 0.2) is 0 Å². The molecule has 0 spiro atoms. The van der Waals surface area contributed by atoms with Gasteiger partial charge < -0.3 is 20.1 Å². The van der Waals surface area contributed by atoms with Gasteiger partial charge in [0.25, 0.3) is 0 Å². The molecule has 0 bridgehead atoms. The van der Waals surface area contributed by atoms with Gasteiger partial charge in [-0.05, 0) is 25.7 Å². The molecule has 2 heterocycles. The molecular formula is C11H18N2O4. The molecule has 2 saturated heterocycles. The maximum atomic E-state index is 11.8. The molecule has 2 fully saturated rings. The molecule has 0 aromatic rings. The van der Waals surface area contributed by atoms with Gasteiger partial charge >= 0.3 is 12.0 Å². The van der Waals surface area contributed by atoms with Crippen LogP contribution < -0.4 is 5.32 Å². The van der Waals surface area contributed by atoms with Crippen molar-refractivity contribution in [2.45, 2.75) is 37.8 Å². The highest BCUT2D eigenvalue weighted by Crippen LogP contribution is 2.17. The second-order valence-electron chi connectivity index (χ2n) is 4.51. The van der Waals surface area contributed by atoms with Crippen molar-refractivity contribution < 1.29 is 19.4 Å². The molecule has 0 saturated carbocycles. The van der Waals surface area contributed by atoms with E-state index in [4.69, 9.17) is 9.84 Å². The molecular weight excluding hydrogens is 224 g/mol. The van der Waals surface area contributed by atoms with Crippen molar-refractivity contribution in [3.8, 4) is 0 Å². The molecule has 2 N–H and O–H groups in total. The zero-order valence-electron chi connectivity index (χ0n) is 9.72. The first-order valence-electron chi connectivity index (χ1n) is 6.07. The van der Waals surface area contributed by atoms with Gasteiger partial charge in [-0.25, -0.2) is 9.59 Å². The number of carboxylic acid groups (broad SMARTS) is 1.